The average Bonchev–Trinajstić information content (AvgIpc) is 2.70. The van der Waals surface area contributed by atoms with Crippen LogP contribution in [0.25, 0.3) is 0 Å². The van der Waals surface area contributed by atoms with E-state index in [2.05, 4.69) is 0 Å². The van der Waals surface area contributed by atoms with Crippen molar-refractivity contribution in [3.05, 3.63) is 29.8 Å². The molecule has 3 nitrogen and oxygen atoms in total. The van der Waals surface area contributed by atoms with Gasteiger partial charge in [-0.25, -0.2) is 0 Å². The Bertz CT molecular complexity index is 448. The molecular formula is C15H20ClNO2. The Hall–Kier alpha value is -1.22. The molecule has 1 aliphatic heterocycles. The monoisotopic (exact) mass is 281 g/mol. The summed E-state index contributed by atoms with van der Waals surface area (Å²) in [7, 11) is 0. The molecule has 0 spiro atoms. The minimum absolute atomic E-state index is 0.157. The summed E-state index contributed by atoms with van der Waals surface area (Å²) >= 11 is 5.83. The summed E-state index contributed by atoms with van der Waals surface area (Å²) in [5.41, 5.74) is 1.10. The van der Waals surface area contributed by atoms with E-state index in [0.29, 0.717) is 24.8 Å². The number of carbonyl (C=O) groups excluding carboxylic acids is 1. The van der Waals surface area contributed by atoms with Crippen LogP contribution >= 0.6 is 11.6 Å². The molecule has 0 bridgehead atoms. The van der Waals surface area contributed by atoms with Crippen LogP contribution in [0.2, 0.25) is 0 Å². The maximum absolute atomic E-state index is 11.8. The minimum Gasteiger partial charge on any atom is -0.491 e. The molecule has 1 saturated heterocycles. The van der Waals surface area contributed by atoms with E-state index in [4.69, 9.17) is 16.3 Å². The zero-order chi connectivity index (χ0) is 13.8. The Labute approximate surface area is 119 Å². The van der Waals surface area contributed by atoms with Crippen LogP contribution in [0, 0.1) is 5.92 Å². The molecule has 1 unspecified atom stereocenters. The number of benzene rings is 1. The van der Waals surface area contributed by atoms with Gasteiger partial charge in [-0.15, -0.1) is 11.6 Å². The normalized spacial score (nSPS) is 19.3. The van der Waals surface area contributed by atoms with Gasteiger partial charge in [-0.3, -0.25) is 4.79 Å². The molecule has 1 amide bonds. The maximum Gasteiger partial charge on any atom is 0.223 e. The molecule has 0 radical (unpaired) electrons. The van der Waals surface area contributed by atoms with Crippen LogP contribution in [-0.4, -0.2) is 29.3 Å². The van der Waals surface area contributed by atoms with Crippen molar-refractivity contribution < 1.29 is 9.53 Å². The number of ether oxygens (including phenoxy) is 1. The Kier molecular flexibility index (Phi) is 4.70. The maximum atomic E-state index is 11.8. The summed E-state index contributed by atoms with van der Waals surface area (Å²) in [5.74, 6) is 1.90. The SMILES string of the molecule is CC(C)Oc1cccc(CN2CC(CCl)CC2=O)c1. The number of amides is 1. The van der Waals surface area contributed by atoms with E-state index < -0.39 is 0 Å². The lowest BCUT2D eigenvalue weighted by Crippen LogP contribution is -2.24. The molecule has 1 aliphatic rings. The topological polar surface area (TPSA) is 29.5 Å². The summed E-state index contributed by atoms with van der Waals surface area (Å²) in [6, 6.07) is 7.93. The summed E-state index contributed by atoms with van der Waals surface area (Å²) in [6.07, 6.45) is 0.732. The molecule has 1 aromatic rings. The van der Waals surface area contributed by atoms with Gasteiger partial charge in [0.15, 0.2) is 0 Å². The first-order valence-electron chi connectivity index (χ1n) is 6.68. The van der Waals surface area contributed by atoms with Crippen LogP contribution in [0.5, 0.6) is 5.75 Å². The van der Waals surface area contributed by atoms with Gasteiger partial charge in [0, 0.05) is 25.4 Å². The third kappa shape index (κ3) is 3.87. The summed E-state index contributed by atoms with van der Waals surface area (Å²) in [6.45, 7) is 5.41. The second-order valence-electron chi connectivity index (χ2n) is 5.31. The molecule has 2 rings (SSSR count). The molecule has 0 saturated carbocycles. The first-order valence-corrected chi connectivity index (χ1v) is 7.21. The lowest BCUT2D eigenvalue weighted by atomic mass is 10.1. The van der Waals surface area contributed by atoms with E-state index in [0.717, 1.165) is 17.9 Å². The fourth-order valence-electron chi connectivity index (χ4n) is 2.32. The van der Waals surface area contributed by atoms with Gasteiger partial charge >= 0.3 is 0 Å². The van der Waals surface area contributed by atoms with Crippen molar-refractivity contribution in [2.45, 2.75) is 32.9 Å². The second-order valence-corrected chi connectivity index (χ2v) is 5.62. The summed E-state index contributed by atoms with van der Waals surface area (Å²) in [5, 5.41) is 0. The van der Waals surface area contributed by atoms with E-state index >= 15 is 0 Å². The molecule has 1 atom stereocenters. The lowest BCUT2D eigenvalue weighted by molar-refractivity contribution is -0.128. The smallest absolute Gasteiger partial charge is 0.223 e. The predicted octanol–water partition coefficient (Wildman–Crippen LogP) is 3.06. The first-order chi connectivity index (χ1) is 9.08. The minimum atomic E-state index is 0.157. The van der Waals surface area contributed by atoms with Gasteiger partial charge in [-0.05, 0) is 37.5 Å². The van der Waals surface area contributed by atoms with Crippen LogP contribution in [-0.2, 0) is 11.3 Å². The van der Waals surface area contributed by atoms with E-state index in [1.165, 1.54) is 0 Å². The molecule has 1 aromatic carbocycles. The molecule has 19 heavy (non-hydrogen) atoms. The lowest BCUT2D eigenvalue weighted by Gasteiger charge is -2.17. The highest BCUT2D eigenvalue weighted by atomic mass is 35.5. The highest BCUT2D eigenvalue weighted by Crippen LogP contribution is 2.22. The molecule has 0 aliphatic carbocycles. The van der Waals surface area contributed by atoms with Crippen molar-refractivity contribution in [2.24, 2.45) is 5.92 Å². The van der Waals surface area contributed by atoms with E-state index in [-0.39, 0.29) is 12.0 Å². The van der Waals surface area contributed by atoms with Crippen LogP contribution in [0.1, 0.15) is 25.8 Å². The Morgan fingerprint density at radius 1 is 1.47 bits per heavy atom. The molecule has 4 heteroatoms. The molecule has 0 N–H and O–H groups in total. The first kappa shape index (κ1) is 14.2. The van der Waals surface area contributed by atoms with Crippen molar-refractivity contribution >= 4 is 17.5 Å². The summed E-state index contributed by atoms with van der Waals surface area (Å²) < 4.78 is 5.66. The fourth-order valence-corrected chi connectivity index (χ4v) is 2.53. The number of hydrogen-bond acceptors (Lipinski definition) is 2. The number of likely N-dealkylation sites (tertiary alicyclic amines) is 1. The van der Waals surface area contributed by atoms with Crippen molar-refractivity contribution in [3.63, 3.8) is 0 Å². The standard InChI is InChI=1S/C15H20ClNO2/c1-11(2)19-14-5-3-4-12(6-14)9-17-10-13(8-16)7-15(17)18/h3-6,11,13H,7-10H2,1-2H3. The third-order valence-electron chi connectivity index (χ3n) is 3.16. The second kappa shape index (κ2) is 6.29. The third-order valence-corrected chi connectivity index (χ3v) is 3.59. The van der Waals surface area contributed by atoms with Crippen molar-refractivity contribution in [3.8, 4) is 5.75 Å². The number of carbonyl (C=O) groups is 1. The molecule has 104 valence electrons. The van der Waals surface area contributed by atoms with Crippen LogP contribution in [0.3, 0.4) is 0 Å². The van der Waals surface area contributed by atoms with Gasteiger partial charge in [0.2, 0.25) is 5.91 Å². The quantitative estimate of drug-likeness (QED) is 0.777. The van der Waals surface area contributed by atoms with Gasteiger partial charge in [-0.2, -0.15) is 0 Å². The number of alkyl halides is 1. The largest absolute Gasteiger partial charge is 0.491 e. The van der Waals surface area contributed by atoms with Crippen molar-refractivity contribution in [2.75, 3.05) is 12.4 Å². The van der Waals surface area contributed by atoms with Crippen LogP contribution in [0.15, 0.2) is 24.3 Å². The number of hydrogen-bond donors (Lipinski definition) is 0. The predicted molar refractivity (Wildman–Crippen MR) is 76.5 cm³/mol. The van der Waals surface area contributed by atoms with Crippen molar-refractivity contribution in [1.29, 1.82) is 0 Å². The van der Waals surface area contributed by atoms with Gasteiger partial charge in [-0.1, -0.05) is 12.1 Å². The number of rotatable bonds is 5. The highest BCUT2D eigenvalue weighted by Gasteiger charge is 2.28. The molecular weight excluding hydrogens is 262 g/mol. The zero-order valence-corrected chi connectivity index (χ0v) is 12.2. The Morgan fingerprint density at radius 2 is 2.26 bits per heavy atom. The highest BCUT2D eigenvalue weighted by molar-refractivity contribution is 6.18. The molecule has 1 heterocycles. The van der Waals surface area contributed by atoms with Crippen LogP contribution in [0.4, 0.5) is 0 Å². The van der Waals surface area contributed by atoms with Crippen LogP contribution < -0.4 is 4.74 Å². The Morgan fingerprint density at radius 3 is 2.89 bits per heavy atom. The average molecular weight is 282 g/mol. The molecule has 0 aromatic heterocycles. The number of nitrogens with zero attached hydrogens (tertiary/aromatic N) is 1. The Balaban J connectivity index is 2.01. The fraction of sp³-hybridized carbons (Fsp3) is 0.533. The van der Waals surface area contributed by atoms with E-state index in [1.54, 1.807) is 0 Å². The van der Waals surface area contributed by atoms with E-state index in [1.807, 2.05) is 43.0 Å². The summed E-state index contributed by atoms with van der Waals surface area (Å²) in [4.78, 5) is 13.7. The van der Waals surface area contributed by atoms with Gasteiger partial charge in [0.05, 0.1) is 6.10 Å². The van der Waals surface area contributed by atoms with Gasteiger partial charge in [0.25, 0.3) is 0 Å². The van der Waals surface area contributed by atoms with Gasteiger partial charge in [0.1, 0.15) is 5.75 Å². The van der Waals surface area contributed by atoms with E-state index in [9.17, 15) is 4.79 Å². The van der Waals surface area contributed by atoms with Gasteiger partial charge < -0.3 is 9.64 Å². The van der Waals surface area contributed by atoms with Crippen molar-refractivity contribution in [1.82, 2.24) is 4.90 Å². The zero-order valence-electron chi connectivity index (χ0n) is 11.4. The number of halogens is 1. The molecule has 1 fully saturated rings.